The minimum absolute atomic E-state index is 0.0564. The van der Waals surface area contributed by atoms with E-state index >= 15 is 0 Å². The number of urea groups is 1. The van der Waals surface area contributed by atoms with Crippen LogP contribution in [0.3, 0.4) is 0 Å². The van der Waals surface area contributed by atoms with Crippen LogP contribution >= 0.6 is 23.2 Å². The van der Waals surface area contributed by atoms with Crippen LogP contribution in [-0.4, -0.2) is 68.4 Å². The van der Waals surface area contributed by atoms with E-state index in [1.54, 1.807) is 6.21 Å². The van der Waals surface area contributed by atoms with Gasteiger partial charge >= 0.3 is 6.03 Å². The predicted molar refractivity (Wildman–Crippen MR) is 104 cm³/mol. The second kappa shape index (κ2) is 9.32. The molecule has 0 aromatic heterocycles. The molecule has 2 amide bonds. The third-order valence-electron chi connectivity index (χ3n) is 4.11. The van der Waals surface area contributed by atoms with E-state index in [2.05, 4.69) is 25.5 Å². The first-order chi connectivity index (χ1) is 12.6. The highest BCUT2D eigenvalue weighted by Crippen LogP contribution is 2.23. The highest BCUT2D eigenvalue weighted by Gasteiger charge is 2.21. The van der Waals surface area contributed by atoms with Crippen molar-refractivity contribution in [2.75, 3.05) is 39.3 Å². The van der Waals surface area contributed by atoms with Crippen molar-refractivity contribution in [3.63, 3.8) is 0 Å². The van der Waals surface area contributed by atoms with Gasteiger partial charge in [0.2, 0.25) is 0 Å². The van der Waals surface area contributed by atoms with Crippen LogP contribution in [0.25, 0.3) is 0 Å². The van der Waals surface area contributed by atoms with Gasteiger partial charge in [0, 0.05) is 32.4 Å². The number of ether oxygens (including phenoxy) is 1. The van der Waals surface area contributed by atoms with Crippen molar-refractivity contribution < 1.29 is 9.53 Å². The summed E-state index contributed by atoms with van der Waals surface area (Å²) in [5, 5.41) is 6.68. The number of nitrogens with one attached hydrogen (secondary N) is 2. The Hall–Kier alpha value is -1.67. The molecule has 1 aromatic carbocycles. The Morgan fingerprint density at radius 2 is 2.19 bits per heavy atom. The van der Waals surface area contributed by atoms with Gasteiger partial charge < -0.3 is 15.4 Å². The molecule has 2 N–H and O–H groups in total. The zero-order valence-corrected chi connectivity index (χ0v) is 15.8. The van der Waals surface area contributed by atoms with Gasteiger partial charge in [0.05, 0.1) is 35.8 Å². The van der Waals surface area contributed by atoms with Crippen LogP contribution in [-0.2, 0) is 11.3 Å². The van der Waals surface area contributed by atoms with Gasteiger partial charge in [-0.1, -0.05) is 29.3 Å². The summed E-state index contributed by atoms with van der Waals surface area (Å²) in [5.74, 6) is 0.641. The van der Waals surface area contributed by atoms with Gasteiger partial charge in [-0.25, -0.2) is 9.79 Å². The molecule has 0 aliphatic carbocycles. The lowest BCUT2D eigenvalue weighted by Gasteiger charge is -2.33. The average molecular weight is 398 g/mol. The van der Waals surface area contributed by atoms with Crippen molar-refractivity contribution in [1.29, 1.82) is 0 Å². The normalized spacial score (nSPS) is 20.1. The minimum Gasteiger partial charge on any atom is -0.374 e. The smallest absolute Gasteiger partial charge is 0.315 e. The van der Waals surface area contributed by atoms with E-state index in [1.807, 2.05) is 18.2 Å². The van der Waals surface area contributed by atoms with E-state index in [0.717, 1.165) is 25.2 Å². The first-order valence-corrected chi connectivity index (χ1v) is 9.21. The van der Waals surface area contributed by atoms with Crippen molar-refractivity contribution >= 4 is 41.3 Å². The molecule has 1 saturated heterocycles. The standard InChI is InChI=1S/C17H21Cl2N5O2/c18-14-2-1-12(7-15(14)19)10-24-5-6-26-13(11-24)8-22-17(25)23-9-16-20-3-4-21-16/h1-3,7,13H,4-6,8-11H2,(H2,22,23,25)/t13-/m0/s1. The Labute approximate surface area is 162 Å². The molecule has 2 heterocycles. The van der Waals surface area contributed by atoms with E-state index in [0.29, 0.717) is 42.1 Å². The largest absolute Gasteiger partial charge is 0.374 e. The van der Waals surface area contributed by atoms with Gasteiger partial charge in [0.25, 0.3) is 0 Å². The summed E-state index contributed by atoms with van der Waals surface area (Å²) in [5.41, 5.74) is 1.10. The SMILES string of the molecule is O=C(NCC1=NCC=N1)NC[C@H]1CN(Cc2ccc(Cl)c(Cl)c2)CCO1. The second-order valence-corrected chi connectivity index (χ2v) is 6.92. The Bertz CT molecular complexity index is 710. The highest BCUT2D eigenvalue weighted by atomic mass is 35.5. The lowest BCUT2D eigenvalue weighted by Crippen LogP contribution is -2.49. The monoisotopic (exact) mass is 397 g/mol. The molecule has 140 valence electrons. The fraction of sp³-hybridized carbons (Fsp3) is 0.471. The topological polar surface area (TPSA) is 78.3 Å². The van der Waals surface area contributed by atoms with Crippen LogP contribution in [0.5, 0.6) is 0 Å². The van der Waals surface area contributed by atoms with Crippen LogP contribution in [0.1, 0.15) is 5.56 Å². The molecule has 0 bridgehead atoms. The molecular formula is C17H21Cl2N5O2. The summed E-state index contributed by atoms with van der Waals surface area (Å²) in [4.78, 5) is 22.3. The van der Waals surface area contributed by atoms with Crippen LogP contribution < -0.4 is 10.6 Å². The van der Waals surface area contributed by atoms with E-state index in [4.69, 9.17) is 27.9 Å². The number of hydrogen-bond acceptors (Lipinski definition) is 5. The van der Waals surface area contributed by atoms with Gasteiger partial charge in [-0.3, -0.25) is 9.89 Å². The second-order valence-electron chi connectivity index (χ2n) is 6.11. The third-order valence-corrected chi connectivity index (χ3v) is 4.85. The summed E-state index contributed by atoms with van der Waals surface area (Å²) in [6.45, 7) is 4.32. The number of carbonyl (C=O) groups is 1. The van der Waals surface area contributed by atoms with E-state index in [1.165, 1.54) is 0 Å². The van der Waals surface area contributed by atoms with Gasteiger partial charge in [0.1, 0.15) is 5.84 Å². The van der Waals surface area contributed by atoms with Gasteiger partial charge in [-0.05, 0) is 17.7 Å². The number of halogens is 2. The fourth-order valence-electron chi connectivity index (χ4n) is 2.81. The quantitative estimate of drug-likeness (QED) is 0.769. The molecule has 1 fully saturated rings. The number of carbonyl (C=O) groups excluding carboxylic acids is 1. The summed E-state index contributed by atoms with van der Waals surface area (Å²) >= 11 is 12.0. The van der Waals surface area contributed by atoms with Crippen molar-refractivity contribution in [3.8, 4) is 0 Å². The zero-order valence-electron chi connectivity index (χ0n) is 14.3. The molecule has 0 unspecified atom stereocenters. The molecule has 0 saturated carbocycles. The molecule has 3 rings (SSSR count). The number of amidine groups is 1. The average Bonchev–Trinajstić information content (AvgIpc) is 3.15. The Balaban J connectivity index is 1.40. The Morgan fingerprint density at radius 3 is 2.96 bits per heavy atom. The van der Waals surface area contributed by atoms with E-state index in [-0.39, 0.29) is 12.1 Å². The summed E-state index contributed by atoms with van der Waals surface area (Å²) in [7, 11) is 0. The van der Waals surface area contributed by atoms with Crippen LogP contribution in [0.2, 0.25) is 10.0 Å². The molecule has 26 heavy (non-hydrogen) atoms. The number of nitrogens with zero attached hydrogens (tertiary/aromatic N) is 3. The summed E-state index contributed by atoms with van der Waals surface area (Å²) < 4.78 is 5.74. The molecule has 2 aliphatic heterocycles. The fourth-order valence-corrected chi connectivity index (χ4v) is 3.13. The van der Waals surface area contributed by atoms with Crippen molar-refractivity contribution in [1.82, 2.24) is 15.5 Å². The molecular weight excluding hydrogens is 377 g/mol. The number of aliphatic imine (C=N–C) groups is 2. The molecule has 0 radical (unpaired) electrons. The Kier molecular flexibility index (Phi) is 6.85. The number of hydrogen-bond donors (Lipinski definition) is 2. The first kappa shape index (κ1) is 19.1. The van der Waals surface area contributed by atoms with E-state index in [9.17, 15) is 4.79 Å². The number of morpholine rings is 1. The lowest BCUT2D eigenvalue weighted by molar-refractivity contribution is -0.0286. The summed E-state index contributed by atoms with van der Waals surface area (Å²) in [6.07, 6.45) is 1.66. The van der Waals surface area contributed by atoms with Crippen LogP contribution in [0, 0.1) is 0 Å². The molecule has 1 aromatic rings. The van der Waals surface area contributed by atoms with Crippen molar-refractivity contribution in [2.45, 2.75) is 12.6 Å². The van der Waals surface area contributed by atoms with Gasteiger partial charge in [-0.15, -0.1) is 0 Å². The number of amides is 2. The van der Waals surface area contributed by atoms with Gasteiger partial charge in [-0.2, -0.15) is 0 Å². The molecule has 0 spiro atoms. The maximum absolute atomic E-state index is 11.9. The number of benzene rings is 1. The van der Waals surface area contributed by atoms with E-state index < -0.39 is 0 Å². The first-order valence-electron chi connectivity index (χ1n) is 8.45. The van der Waals surface area contributed by atoms with Gasteiger partial charge in [0.15, 0.2) is 0 Å². The predicted octanol–water partition coefficient (Wildman–Crippen LogP) is 1.98. The lowest BCUT2D eigenvalue weighted by atomic mass is 10.2. The van der Waals surface area contributed by atoms with Crippen molar-refractivity contribution in [3.05, 3.63) is 33.8 Å². The summed E-state index contributed by atoms with van der Waals surface area (Å²) in [6, 6.07) is 5.41. The molecule has 9 heteroatoms. The van der Waals surface area contributed by atoms with Crippen LogP contribution in [0.4, 0.5) is 4.79 Å². The zero-order chi connectivity index (χ0) is 18.4. The van der Waals surface area contributed by atoms with Crippen molar-refractivity contribution in [2.24, 2.45) is 9.98 Å². The highest BCUT2D eigenvalue weighted by molar-refractivity contribution is 6.42. The minimum atomic E-state index is -0.250. The molecule has 2 aliphatic rings. The maximum Gasteiger partial charge on any atom is 0.315 e. The number of rotatable bonds is 6. The third kappa shape index (κ3) is 5.67. The Morgan fingerprint density at radius 1 is 1.31 bits per heavy atom. The van der Waals surface area contributed by atoms with Crippen LogP contribution in [0.15, 0.2) is 28.2 Å². The maximum atomic E-state index is 11.9. The molecule has 1 atom stereocenters. The molecule has 7 nitrogen and oxygen atoms in total.